The number of sulfonamides is 1. The van der Waals surface area contributed by atoms with Gasteiger partial charge in [-0.25, -0.2) is 12.8 Å². The molecular weight excluding hydrogens is 627 g/mol. The molecule has 0 saturated heterocycles. The number of hydrogen-bond donors (Lipinski definition) is 1. The molecule has 3 aromatic carbocycles. The van der Waals surface area contributed by atoms with Crippen molar-refractivity contribution in [2.45, 2.75) is 38.3 Å². The fraction of sp³-hybridized carbons (Fsp3) is 0.323. The van der Waals surface area contributed by atoms with Gasteiger partial charge in [0.15, 0.2) is 0 Å². The highest BCUT2D eigenvalue weighted by atomic mass is 79.9. The zero-order valence-electron chi connectivity index (χ0n) is 23.7. The van der Waals surface area contributed by atoms with Crippen LogP contribution >= 0.6 is 15.9 Å². The van der Waals surface area contributed by atoms with Gasteiger partial charge in [0.05, 0.1) is 30.2 Å². The summed E-state index contributed by atoms with van der Waals surface area (Å²) in [5.41, 5.74) is 4.18. The number of carbonyl (C=O) groups excluding carboxylic acids is 1. The Morgan fingerprint density at radius 2 is 1.88 bits per heavy atom. The van der Waals surface area contributed by atoms with E-state index >= 15 is 0 Å². The number of ether oxygens (including phenoxy) is 2. The van der Waals surface area contributed by atoms with Crippen LogP contribution in [0, 0.1) is 5.82 Å². The lowest BCUT2D eigenvalue weighted by Crippen LogP contribution is -2.30. The minimum Gasteiger partial charge on any atom is -0.455 e. The Kier molecular flexibility index (Phi) is 8.75. The van der Waals surface area contributed by atoms with E-state index in [1.165, 1.54) is 29.7 Å². The fourth-order valence-corrected chi connectivity index (χ4v) is 6.52. The molecule has 0 aliphatic heterocycles. The van der Waals surface area contributed by atoms with Gasteiger partial charge < -0.3 is 19.2 Å². The smallest absolute Gasteiger partial charge is 0.255 e. The first-order valence-electron chi connectivity index (χ1n) is 13.5. The standard InChI is InChI=1S/C31H32BrFN2O6S/c1-18(40-17-39-3)23-13-19(5-12-26(23)32)16-35(42(4,37)38)27-15-28-25(14-24(27)20-6-7-20)29(31(36)34-2)30(41-28)21-8-10-22(33)11-9-21/h5,8-15,18,20H,6-7,16-17H2,1-4H3,(H,34,36). The lowest BCUT2D eigenvalue weighted by molar-refractivity contribution is -0.0668. The number of carbonyl (C=O) groups is 1. The number of benzene rings is 3. The van der Waals surface area contributed by atoms with E-state index in [1.807, 2.05) is 31.2 Å². The highest BCUT2D eigenvalue weighted by Crippen LogP contribution is 2.48. The van der Waals surface area contributed by atoms with Gasteiger partial charge in [-0.1, -0.05) is 28.1 Å². The molecule has 42 heavy (non-hydrogen) atoms. The molecule has 11 heteroatoms. The van der Waals surface area contributed by atoms with Crippen molar-refractivity contribution in [3.63, 3.8) is 0 Å². The molecule has 1 atom stereocenters. The van der Waals surface area contributed by atoms with E-state index in [0.717, 1.165) is 34.0 Å². The van der Waals surface area contributed by atoms with Crippen molar-refractivity contribution in [2.75, 3.05) is 31.5 Å². The molecule has 1 unspecified atom stereocenters. The Bertz CT molecular complexity index is 1730. The summed E-state index contributed by atoms with van der Waals surface area (Å²) in [4.78, 5) is 13.1. The first-order valence-corrected chi connectivity index (χ1v) is 16.1. The molecule has 1 fully saturated rings. The molecule has 5 rings (SSSR count). The van der Waals surface area contributed by atoms with Gasteiger partial charge in [0, 0.05) is 35.6 Å². The van der Waals surface area contributed by atoms with Gasteiger partial charge in [-0.2, -0.15) is 0 Å². The average Bonchev–Trinajstić information content (AvgIpc) is 3.74. The summed E-state index contributed by atoms with van der Waals surface area (Å²) in [6.45, 7) is 2.10. The number of furan rings is 1. The van der Waals surface area contributed by atoms with E-state index < -0.39 is 15.8 Å². The topological polar surface area (TPSA) is 98.1 Å². The number of nitrogens with zero attached hydrogens (tertiary/aromatic N) is 1. The van der Waals surface area contributed by atoms with Crippen molar-refractivity contribution in [2.24, 2.45) is 0 Å². The molecule has 1 amide bonds. The molecular formula is C31H32BrFN2O6S. The van der Waals surface area contributed by atoms with Crippen LogP contribution in [0.2, 0.25) is 0 Å². The molecule has 1 N–H and O–H groups in total. The zero-order valence-corrected chi connectivity index (χ0v) is 26.1. The third-order valence-corrected chi connectivity index (χ3v) is 9.19. The second-order valence-electron chi connectivity index (χ2n) is 10.4. The van der Waals surface area contributed by atoms with Crippen LogP contribution in [0.5, 0.6) is 0 Å². The fourth-order valence-electron chi connectivity index (χ4n) is 5.05. The maximum absolute atomic E-state index is 13.7. The number of halogens is 2. The van der Waals surface area contributed by atoms with Crippen LogP contribution in [-0.4, -0.2) is 41.5 Å². The second-order valence-corrected chi connectivity index (χ2v) is 13.2. The average molecular weight is 660 g/mol. The minimum absolute atomic E-state index is 0.0785. The molecule has 1 aromatic heterocycles. The predicted octanol–water partition coefficient (Wildman–Crippen LogP) is 6.89. The van der Waals surface area contributed by atoms with Crippen LogP contribution in [0.3, 0.4) is 0 Å². The van der Waals surface area contributed by atoms with Gasteiger partial charge >= 0.3 is 0 Å². The maximum atomic E-state index is 13.7. The number of nitrogens with one attached hydrogen (secondary N) is 1. The lowest BCUT2D eigenvalue weighted by atomic mass is 10.00. The number of hydrogen-bond acceptors (Lipinski definition) is 6. The van der Waals surface area contributed by atoms with Crippen molar-refractivity contribution in [1.82, 2.24) is 5.32 Å². The third-order valence-electron chi connectivity index (χ3n) is 7.34. The molecule has 1 aliphatic rings. The van der Waals surface area contributed by atoms with Crippen molar-refractivity contribution >= 4 is 48.5 Å². The SMILES string of the molecule is CNC(=O)c1c(-c2ccc(F)cc2)oc2cc(N(Cc3ccc(Br)c(C(C)OCOC)c3)S(C)(=O)=O)c(C3CC3)cc12. The van der Waals surface area contributed by atoms with Crippen molar-refractivity contribution < 1.29 is 31.5 Å². The van der Waals surface area contributed by atoms with Gasteiger partial charge in [0.25, 0.3) is 5.91 Å². The number of anilines is 1. The Balaban J connectivity index is 1.64. The van der Waals surface area contributed by atoms with Gasteiger partial charge in [-0.3, -0.25) is 9.10 Å². The van der Waals surface area contributed by atoms with E-state index in [4.69, 9.17) is 13.9 Å². The Labute approximate surface area is 253 Å². The van der Waals surface area contributed by atoms with Crippen LogP contribution in [0.25, 0.3) is 22.3 Å². The first kappa shape index (κ1) is 30.2. The van der Waals surface area contributed by atoms with E-state index in [9.17, 15) is 17.6 Å². The molecule has 4 aromatic rings. The highest BCUT2D eigenvalue weighted by molar-refractivity contribution is 9.10. The Morgan fingerprint density at radius 3 is 2.50 bits per heavy atom. The van der Waals surface area contributed by atoms with E-state index in [0.29, 0.717) is 27.8 Å². The summed E-state index contributed by atoms with van der Waals surface area (Å²) in [6.07, 6.45) is 2.70. The molecule has 0 radical (unpaired) electrons. The van der Waals surface area contributed by atoms with Crippen LogP contribution in [0.15, 0.2) is 63.5 Å². The van der Waals surface area contributed by atoms with Gasteiger partial charge in [-0.15, -0.1) is 0 Å². The van der Waals surface area contributed by atoms with Crippen LogP contribution < -0.4 is 9.62 Å². The number of rotatable bonds is 11. The van der Waals surface area contributed by atoms with Crippen LogP contribution in [0.1, 0.15) is 58.8 Å². The molecule has 1 saturated carbocycles. The molecule has 1 heterocycles. The van der Waals surface area contributed by atoms with Crippen molar-refractivity contribution in [3.05, 3.63) is 87.1 Å². The highest BCUT2D eigenvalue weighted by Gasteiger charge is 2.33. The second kappa shape index (κ2) is 12.2. The summed E-state index contributed by atoms with van der Waals surface area (Å²) >= 11 is 3.57. The van der Waals surface area contributed by atoms with Crippen LogP contribution in [-0.2, 0) is 26.0 Å². The normalized spacial score (nSPS) is 14.2. The van der Waals surface area contributed by atoms with Crippen LogP contribution in [0.4, 0.5) is 10.1 Å². The Hall–Kier alpha value is -3.25. The van der Waals surface area contributed by atoms with E-state index in [1.54, 1.807) is 25.3 Å². The zero-order chi connectivity index (χ0) is 30.2. The number of amides is 1. The molecule has 1 aliphatic carbocycles. The van der Waals surface area contributed by atoms with E-state index in [2.05, 4.69) is 21.2 Å². The van der Waals surface area contributed by atoms with Gasteiger partial charge in [0.1, 0.15) is 24.0 Å². The largest absolute Gasteiger partial charge is 0.455 e. The number of fused-ring (bicyclic) bond motifs is 1. The third kappa shape index (κ3) is 6.24. The summed E-state index contributed by atoms with van der Waals surface area (Å²) in [7, 11) is -0.660. The summed E-state index contributed by atoms with van der Waals surface area (Å²) in [6, 6.07) is 14.9. The summed E-state index contributed by atoms with van der Waals surface area (Å²) < 4.78 is 59.5. The molecule has 0 bridgehead atoms. The van der Waals surface area contributed by atoms with Gasteiger partial charge in [-0.05, 0) is 78.8 Å². The van der Waals surface area contributed by atoms with E-state index in [-0.39, 0.29) is 37.0 Å². The summed E-state index contributed by atoms with van der Waals surface area (Å²) in [5, 5.41) is 3.24. The number of methoxy groups -OCH3 is 1. The van der Waals surface area contributed by atoms with Crippen molar-refractivity contribution in [3.8, 4) is 11.3 Å². The van der Waals surface area contributed by atoms with Gasteiger partial charge in [0.2, 0.25) is 10.0 Å². The van der Waals surface area contributed by atoms with Crippen molar-refractivity contribution in [1.29, 1.82) is 0 Å². The first-order chi connectivity index (χ1) is 20.0. The predicted molar refractivity (Wildman–Crippen MR) is 164 cm³/mol. The summed E-state index contributed by atoms with van der Waals surface area (Å²) in [5.74, 6) is -0.320. The molecule has 0 spiro atoms. The minimum atomic E-state index is -3.74. The quantitative estimate of drug-likeness (QED) is 0.176. The lowest BCUT2D eigenvalue weighted by Gasteiger charge is -2.26. The Morgan fingerprint density at radius 1 is 1.17 bits per heavy atom. The molecule has 222 valence electrons. The maximum Gasteiger partial charge on any atom is 0.255 e. The monoisotopic (exact) mass is 658 g/mol. The molecule has 8 nitrogen and oxygen atoms in total.